The van der Waals surface area contributed by atoms with Crippen LogP contribution in [0.5, 0.6) is 11.5 Å². The molecular formula is C38H36N2O7. The molecule has 1 aromatic heterocycles. The molecule has 0 amide bonds. The number of aliphatic hydroxyl groups excluding tert-OH is 1. The van der Waals surface area contributed by atoms with Gasteiger partial charge in [-0.05, 0) is 47.0 Å². The predicted octanol–water partition coefficient (Wildman–Crippen LogP) is 5.34. The Morgan fingerprint density at radius 1 is 0.830 bits per heavy atom. The van der Waals surface area contributed by atoms with Gasteiger partial charge in [0, 0.05) is 18.2 Å². The topological polar surface area (TPSA) is 109 Å². The van der Waals surface area contributed by atoms with Crippen molar-refractivity contribution in [3.8, 4) is 11.5 Å². The number of carbonyl (C=O) groups is 1. The van der Waals surface area contributed by atoms with E-state index in [1.165, 1.54) is 4.57 Å². The average molecular weight is 633 g/mol. The summed E-state index contributed by atoms with van der Waals surface area (Å²) in [5, 5.41) is 10.5. The molecule has 6 rings (SSSR count). The second-order valence-electron chi connectivity index (χ2n) is 11.3. The van der Waals surface area contributed by atoms with Crippen LogP contribution in [0.15, 0.2) is 126 Å². The van der Waals surface area contributed by atoms with Gasteiger partial charge in [0.15, 0.2) is 5.78 Å². The van der Waals surface area contributed by atoms with Gasteiger partial charge in [0.2, 0.25) is 0 Å². The lowest BCUT2D eigenvalue weighted by atomic mass is 9.79. The van der Waals surface area contributed by atoms with Crippen LogP contribution in [0.1, 0.15) is 45.4 Å². The van der Waals surface area contributed by atoms with E-state index in [4.69, 9.17) is 18.9 Å². The summed E-state index contributed by atoms with van der Waals surface area (Å²) in [4.78, 5) is 30.2. The molecule has 9 nitrogen and oxygen atoms in total. The third-order valence-corrected chi connectivity index (χ3v) is 8.50. The molecule has 0 unspecified atom stereocenters. The number of aromatic nitrogens is 2. The largest absolute Gasteiger partial charge is 0.497 e. The highest BCUT2D eigenvalue weighted by Crippen LogP contribution is 2.45. The molecule has 0 bridgehead atoms. The first kappa shape index (κ1) is 31.9. The number of ether oxygens (including phenoxy) is 4. The normalized spacial score (nSPS) is 17.7. The van der Waals surface area contributed by atoms with E-state index < -0.39 is 29.7 Å². The molecule has 0 saturated carbocycles. The summed E-state index contributed by atoms with van der Waals surface area (Å²) >= 11 is 0. The number of Topliss-reactive ketones (excluding diaryl/α,β-unsaturated/α-hetero) is 1. The molecule has 2 heterocycles. The highest BCUT2D eigenvalue weighted by atomic mass is 16.6. The van der Waals surface area contributed by atoms with Crippen LogP contribution in [-0.4, -0.2) is 53.5 Å². The third-order valence-electron chi connectivity index (χ3n) is 8.50. The molecule has 1 aliphatic heterocycles. The smallest absolute Gasteiger partial charge is 0.349 e. The van der Waals surface area contributed by atoms with Gasteiger partial charge < -0.3 is 24.1 Å². The van der Waals surface area contributed by atoms with Crippen molar-refractivity contribution in [2.24, 2.45) is 0 Å². The van der Waals surface area contributed by atoms with E-state index in [-0.39, 0.29) is 25.2 Å². The molecule has 3 atom stereocenters. The molecule has 1 saturated heterocycles. The highest BCUT2D eigenvalue weighted by Gasteiger charge is 2.46. The van der Waals surface area contributed by atoms with E-state index in [9.17, 15) is 14.7 Å². The maximum absolute atomic E-state index is 13.3. The molecule has 1 N–H and O–H groups in total. The number of rotatable bonds is 12. The molecule has 240 valence electrons. The Morgan fingerprint density at radius 3 is 1.91 bits per heavy atom. The second-order valence-corrected chi connectivity index (χ2v) is 11.3. The number of hydrogen-bond acceptors (Lipinski definition) is 8. The van der Waals surface area contributed by atoms with Gasteiger partial charge in [-0.1, -0.05) is 84.9 Å². The summed E-state index contributed by atoms with van der Waals surface area (Å²) in [5.74, 6) is 1.27. The van der Waals surface area contributed by atoms with Gasteiger partial charge in [0.25, 0.3) is 0 Å². The summed E-state index contributed by atoms with van der Waals surface area (Å²) < 4.78 is 25.7. The van der Waals surface area contributed by atoms with Gasteiger partial charge in [-0.15, -0.1) is 0 Å². The SMILES string of the molecule is COc1ccc(C(O[C@H]2C[C@H](n3ccc(CC(=O)c4ccccc4)nc3=O)O[C@@H]2CO)(c2ccccc2)c2ccc(OC)cc2)cc1. The van der Waals surface area contributed by atoms with Gasteiger partial charge in [-0.25, -0.2) is 4.79 Å². The molecule has 1 fully saturated rings. The fraction of sp³-hybridized carbons (Fsp3) is 0.237. The van der Waals surface area contributed by atoms with Gasteiger partial charge >= 0.3 is 5.69 Å². The zero-order valence-electron chi connectivity index (χ0n) is 26.2. The van der Waals surface area contributed by atoms with Crippen molar-refractivity contribution in [3.63, 3.8) is 0 Å². The minimum Gasteiger partial charge on any atom is -0.497 e. The van der Waals surface area contributed by atoms with E-state index >= 15 is 0 Å². The third kappa shape index (κ3) is 6.59. The van der Waals surface area contributed by atoms with E-state index in [1.54, 1.807) is 50.7 Å². The van der Waals surface area contributed by atoms with Crippen molar-refractivity contribution in [2.45, 2.75) is 36.9 Å². The van der Waals surface area contributed by atoms with E-state index in [0.29, 0.717) is 22.8 Å². The van der Waals surface area contributed by atoms with Crippen LogP contribution in [0.25, 0.3) is 0 Å². The fourth-order valence-electron chi connectivity index (χ4n) is 6.07. The predicted molar refractivity (Wildman–Crippen MR) is 176 cm³/mol. The molecule has 1 aliphatic rings. The van der Waals surface area contributed by atoms with Gasteiger partial charge in [-0.2, -0.15) is 4.98 Å². The van der Waals surface area contributed by atoms with Crippen LogP contribution in [0.4, 0.5) is 0 Å². The quantitative estimate of drug-likeness (QED) is 0.145. The molecule has 0 spiro atoms. The first-order chi connectivity index (χ1) is 22.9. The van der Waals surface area contributed by atoms with Crippen LogP contribution in [0.2, 0.25) is 0 Å². The van der Waals surface area contributed by atoms with Crippen molar-refractivity contribution in [2.75, 3.05) is 20.8 Å². The Balaban J connectivity index is 1.35. The van der Waals surface area contributed by atoms with Crippen molar-refractivity contribution in [1.29, 1.82) is 0 Å². The van der Waals surface area contributed by atoms with E-state index in [1.807, 2.05) is 84.9 Å². The zero-order valence-corrected chi connectivity index (χ0v) is 26.2. The molecule has 4 aromatic carbocycles. The van der Waals surface area contributed by atoms with Crippen LogP contribution in [0, 0.1) is 0 Å². The van der Waals surface area contributed by atoms with Gasteiger partial charge in [0.1, 0.15) is 29.4 Å². The summed E-state index contributed by atoms with van der Waals surface area (Å²) in [5.41, 5.74) is 1.76. The Bertz CT molecular complexity index is 1790. The van der Waals surface area contributed by atoms with E-state index in [2.05, 4.69) is 4.98 Å². The van der Waals surface area contributed by atoms with Crippen LogP contribution in [-0.2, 0) is 21.5 Å². The number of ketones is 1. The molecule has 0 radical (unpaired) electrons. The molecular weight excluding hydrogens is 596 g/mol. The zero-order chi connectivity index (χ0) is 32.8. The Hall–Kier alpha value is -5.09. The standard InChI is InChI=1S/C38H36N2O7/c1-44-31-17-13-28(14-18-31)38(27-11-7-4-8-12-27,29-15-19-32(45-2)20-16-29)47-34-24-36(46-35(34)25-41)40-22-21-30(39-37(40)43)23-33(42)26-9-5-3-6-10-26/h3-22,34-36,41H,23-25H2,1-2H3/t34-,35+,36+/m0/s1. The maximum Gasteiger partial charge on any atom is 0.349 e. The summed E-state index contributed by atoms with van der Waals surface area (Å²) in [6, 6.07) is 35.8. The lowest BCUT2D eigenvalue weighted by Crippen LogP contribution is -2.40. The molecule has 5 aromatic rings. The molecule has 9 heteroatoms. The number of methoxy groups -OCH3 is 2. The van der Waals surface area contributed by atoms with Crippen molar-refractivity contribution < 1.29 is 28.8 Å². The first-order valence-corrected chi connectivity index (χ1v) is 15.4. The number of hydrogen-bond donors (Lipinski definition) is 1. The minimum atomic E-state index is -1.14. The summed E-state index contributed by atoms with van der Waals surface area (Å²) in [6.07, 6.45) is -0.291. The second kappa shape index (κ2) is 14.1. The average Bonchev–Trinajstić information content (AvgIpc) is 3.53. The van der Waals surface area contributed by atoms with Crippen molar-refractivity contribution in [3.05, 3.63) is 160 Å². The Kier molecular flexibility index (Phi) is 9.58. The van der Waals surface area contributed by atoms with E-state index in [0.717, 1.165) is 16.7 Å². The maximum atomic E-state index is 13.3. The van der Waals surface area contributed by atoms with Gasteiger partial charge in [0.05, 0.1) is 39.0 Å². The Morgan fingerprint density at radius 2 is 1.38 bits per heavy atom. The summed E-state index contributed by atoms with van der Waals surface area (Å²) in [6.45, 7) is -0.330. The van der Waals surface area contributed by atoms with Crippen LogP contribution >= 0.6 is 0 Å². The Labute approximate surface area is 273 Å². The fourth-order valence-corrected chi connectivity index (χ4v) is 6.07. The number of nitrogens with zero attached hydrogens (tertiary/aromatic N) is 2. The highest BCUT2D eigenvalue weighted by molar-refractivity contribution is 5.97. The lowest BCUT2D eigenvalue weighted by Gasteiger charge is -2.39. The first-order valence-electron chi connectivity index (χ1n) is 15.4. The van der Waals surface area contributed by atoms with Crippen molar-refractivity contribution in [1.82, 2.24) is 9.55 Å². The minimum absolute atomic E-state index is 0.0000632. The summed E-state index contributed by atoms with van der Waals surface area (Å²) in [7, 11) is 3.23. The van der Waals surface area contributed by atoms with Crippen LogP contribution in [0.3, 0.4) is 0 Å². The molecule has 47 heavy (non-hydrogen) atoms. The van der Waals surface area contributed by atoms with Gasteiger partial charge in [-0.3, -0.25) is 9.36 Å². The number of carbonyl (C=O) groups excluding carboxylic acids is 1. The van der Waals surface area contributed by atoms with Crippen LogP contribution < -0.4 is 15.2 Å². The molecule has 0 aliphatic carbocycles. The van der Waals surface area contributed by atoms with Crippen molar-refractivity contribution >= 4 is 5.78 Å². The lowest BCUT2D eigenvalue weighted by molar-refractivity contribution is -0.0994. The number of benzene rings is 4. The monoisotopic (exact) mass is 632 g/mol. The number of aliphatic hydroxyl groups is 1.